The average molecular weight is 533 g/mol. The number of nitrogens with zero attached hydrogens (tertiary/aromatic N) is 4. The number of hydrogen-bond donors (Lipinski definition) is 1. The fourth-order valence-corrected chi connectivity index (χ4v) is 4.20. The van der Waals surface area contributed by atoms with Gasteiger partial charge in [-0.05, 0) is 36.4 Å². The lowest BCUT2D eigenvalue weighted by Crippen LogP contribution is -2.13. The molecule has 0 radical (unpaired) electrons. The van der Waals surface area contributed by atoms with Gasteiger partial charge in [-0.2, -0.15) is 17.6 Å². The lowest BCUT2D eigenvalue weighted by atomic mass is 10.0. The zero-order chi connectivity index (χ0) is 26.7. The molecule has 0 aliphatic rings. The number of halogens is 5. The number of alkyl halides is 3. The zero-order valence-corrected chi connectivity index (χ0v) is 19.7. The predicted octanol–water partition coefficient (Wildman–Crippen LogP) is 5.92. The number of anilines is 1. The molecule has 7 nitrogen and oxygen atoms in total. The topological polar surface area (TPSA) is 97.7 Å². The van der Waals surface area contributed by atoms with Gasteiger partial charge >= 0.3 is 6.18 Å². The smallest absolute Gasteiger partial charge is 0.321 e. The summed E-state index contributed by atoms with van der Waals surface area (Å²) in [6.45, 7) is 1.71. The van der Waals surface area contributed by atoms with Crippen molar-refractivity contribution in [2.45, 2.75) is 25.4 Å². The van der Waals surface area contributed by atoms with E-state index in [2.05, 4.69) is 25.3 Å². The molecule has 1 aromatic carbocycles. The molecule has 3 aromatic heterocycles. The third-order valence-electron chi connectivity index (χ3n) is 5.18. The highest BCUT2D eigenvalue weighted by molar-refractivity contribution is 7.13. The number of pyridine rings is 1. The third-order valence-corrected chi connectivity index (χ3v) is 6.41. The van der Waals surface area contributed by atoms with E-state index in [1.54, 1.807) is 6.92 Å². The van der Waals surface area contributed by atoms with Crippen molar-refractivity contribution in [3.63, 3.8) is 0 Å². The van der Waals surface area contributed by atoms with Crippen molar-refractivity contribution in [3.8, 4) is 11.3 Å². The monoisotopic (exact) mass is 533 g/mol. The fourth-order valence-electron chi connectivity index (χ4n) is 3.34. The third kappa shape index (κ3) is 6.00. The summed E-state index contributed by atoms with van der Waals surface area (Å²) in [6.07, 6.45) is -1.28. The molecule has 1 N–H and O–H groups in total. The Hall–Kier alpha value is -4.13. The Morgan fingerprint density at radius 3 is 2.57 bits per heavy atom. The first-order chi connectivity index (χ1) is 17.5. The molecule has 0 saturated carbocycles. The van der Waals surface area contributed by atoms with E-state index in [1.807, 2.05) is 0 Å². The number of aromatic nitrogens is 4. The van der Waals surface area contributed by atoms with Gasteiger partial charge in [0, 0.05) is 24.2 Å². The second-order valence-electron chi connectivity index (χ2n) is 7.87. The van der Waals surface area contributed by atoms with Gasteiger partial charge in [0.15, 0.2) is 5.78 Å². The van der Waals surface area contributed by atoms with Crippen LogP contribution in [0.3, 0.4) is 0 Å². The molecule has 0 aliphatic heterocycles. The van der Waals surface area contributed by atoms with Crippen LogP contribution < -0.4 is 5.32 Å². The minimum absolute atomic E-state index is 0.0343. The Morgan fingerprint density at radius 1 is 1.05 bits per heavy atom. The van der Waals surface area contributed by atoms with Gasteiger partial charge in [0.2, 0.25) is 5.95 Å². The van der Waals surface area contributed by atoms with Crippen molar-refractivity contribution in [2.24, 2.45) is 0 Å². The molecular formula is C24H16F5N5O2S. The summed E-state index contributed by atoms with van der Waals surface area (Å²) in [5, 5.41) is 2.72. The Labute approximate surface area is 210 Å². The highest BCUT2D eigenvalue weighted by Crippen LogP contribution is 2.33. The molecule has 0 fully saturated rings. The first kappa shape index (κ1) is 25.9. The van der Waals surface area contributed by atoms with Crippen LogP contribution in [0.1, 0.15) is 50.0 Å². The van der Waals surface area contributed by atoms with E-state index in [9.17, 15) is 31.5 Å². The molecule has 1 amide bonds. The highest BCUT2D eigenvalue weighted by atomic mass is 32.1. The van der Waals surface area contributed by atoms with Gasteiger partial charge in [0.1, 0.15) is 22.7 Å². The number of nitrogens with one attached hydrogen (secondary N) is 1. The summed E-state index contributed by atoms with van der Waals surface area (Å²) in [5.74, 6) is -3.73. The van der Waals surface area contributed by atoms with E-state index < -0.39 is 35.3 Å². The Bertz CT molecular complexity index is 1470. The van der Waals surface area contributed by atoms with Crippen LogP contribution in [0.25, 0.3) is 11.3 Å². The van der Waals surface area contributed by atoms with Crippen LogP contribution in [0, 0.1) is 11.8 Å². The second-order valence-corrected chi connectivity index (χ2v) is 8.93. The van der Waals surface area contributed by atoms with Crippen molar-refractivity contribution < 1.29 is 31.5 Å². The number of Topliss-reactive ketones (excluding diaryl/α,β-unsaturated/α-hetero) is 1. The maximum absolute atomic E-state index is 14.0. The molecule has 0 saturated heterocycles. The molecule has 1 unspecified atom stereocenters. The van der Waals surface area contributed by atoms with E-state index in [0.29, 0.717) is 17.1 Å². The van der Waals surface area contributed by atoms with Crippen molar-refractivity contribution in [3.05, 3.63) is 88.0 Å². The van der Waals surface area contributed by atoms with Gasteiger partial charge in [0.05, 0.1) is 28.0 Å². The van der Waals surface area contributed by atoms with Crippen LogP contribution in [-0.2, 0) is 6.18 Å². The summed E-state index contributed by atoms with van der Waals surface area (Å²) < 4.78 is 66.2. The van der Waals surface area contributed by atoms with Gasteiger partial charge in [-0.25, -0.2) is 24.3 Å². The van der Waals surface area contributed by atoms with Crippen LogP contribution in [0.2, 0.25) is 0 Å². The predicted molar refractivity (Wildman–Crippen MR) is 124 cm³/mol. The summed E-state index contributed by atoms with van der Waals surface area (Å²) in [4.78, 5) is 41.0. The number of carbonyl (C=O) groups excluding carboxylic acids is 2. The molecule has 0 bridgehead atoms. The Morgan fingerprint density at radius 2 is 1.84 bits per heavy atom. The molecule has 1 atom stereocenters. The van der Waals surface area contributed by atoms with E-state index in [-0.39, 0.29) is 39.7 Å². The molecule has 4 rings (SSSR count). The van der Waals surface area contributed by atoms with Gasteiger partial charge in [-0.15, -0.1) is 11.3 Å². The van der Waals surface area contributed by atoms with Crippen LogP contribution in [0.4, 0.5) is 27.6 Å². The SMILES string of the molecule is CC(CC(=O)c1cc(-c2cccnc2F)ncn1)c1ncc(C(=O)Nc2ccc(F)c(C(F)(F)F)c2)s1. The van der Waals surface area contributed by atoms with E-state index in [1.165, 1.54) is 30.6 Å². The number of amides is 1. The van der Waals surface area contributed by atoms with Crippen molar-refractivity contribution in [1.82, 2.24) is 19.9 Å². The lowest BCUT2D eigenvalue weighted by Gasteiger charge is -2.10. The number of rotatable bonds is 7. The zero-order valence-electron chi connectivity index (χ0n) is 18.9. The van der Waals surface area contributed by atoms with E-state index in [0.717, 1.165) is 23.7 Å². The minimum Gasteiger partial charge on any atom is -0.321 e. The number of thiazole rings is 1. The first-order valence-corrected chi connectivity index (χ1v) is 11.4. The van der Waals surface area contributed by atoms with Crippen molar-refractivity contribution >= 4 is 28.7 Å². The molecule has 13 heteroatoms. The maximum Gasteiger partial charge on any atom is 0.419 e. The molecular weight excluding hydrogens is 517 g/mol. The van der Waals surface area contributed by atoms with Gasteiger partial charge in [-0.3, -0.25) is 9.59 Å². The van der Waals surface area contributed by atoms with Crippen molar-refractivity contribution in [2.75, 3.05) is 5.32 Å². The molecule has 4 aromatic rings. The molecule has 0 spiro atoms. The lowest BCUT2D eigenvalue weighted by molar-refractivity contribution is -0.139. The Balaban J connectivity index is 1.44. The first-order valence-electron chi connectivity index (χ1n) is 10.6. The van der Waals surface area contributed by atoms with E-state index >= 15 is 0 Å². The normalized spacial score (nSPS) is 12.3. The highest BCUT2D eigenvalue weighted by Gasteiger charge is 2.34. The Kier molecular flexibility index (Phi) is 7.34. The quantitative estimate of drug-likeness (QED) is 0.180. The van der Waals surface area contributed by atoms with Crippen molar-refractivity contribution in [1.29, 1.82) is 0 Å². The van der Waals surface area contributed by atoms with Crippen LogP contribution >= 0.6 is 11.3 Å². The number of carbonyl (C=O) groups is 2. The maximum atomic E-state index is 14.0. The molecule has 190 valence electrons. The van der Waals surface area contributed by atoms with Crippen LogP contribution in [0.15, 0.2) is 55.1 Å². The number of benzene rings is 1. The van der Waals surface area contributed by atoms with E-state index in [4.69, 9.17) is 0 Å². The number of ketones is 1. The average Bonchev–Trinajstić information content (AvgIpc) is 3.36. The molecule has 3 heterocycles. The minimum atomic E-state index is -4.92. The summed E-state index contributed by atoms with van der Waals surface area (Å²) in [6, 6.07) is 6.49. The second kappa shape index (κ2) is 10.5. The largest absolute Gasteiger partial charge is 0.419 e. The van der Waals surface area contributed by atoms with Gasteiger partial charge in [-0.1, -0.05) is 6.92 Å². The number of hydrogen-bond acceptors (Lipinski definition) is 7. The van der Waals surface area contributed by atoms with Gasteiger partial charge < -0.3 is 5.32 Å². The summed E-state index contributed by atoms with van der Waals surface area (Å²) in [5.41, 5.74) is -1.36. The fraction of sp³-hybridized carbons (Fsp3) is 0.167. The standard InChI is InChI=1S/C24H16F5N5O2S/c1-12(7-19(35)18-9-17(32-11-33-18)14-3-2-6-30-21(14)26)23-31-10-20(37-23)22(36)34-13-4-5-16(25)15(8-13)24(27,28)29/h2-6,8-12H,7H2,1H3,(H,34,36). The van der Waals surface area contributed by atoms with Crippen LogP contribution in [0.5, 0.6) is 0 Å². The molecule has 37 heavy (non-hydrogen) atoms. The summed E-state index contributed by atoms with van der Waals surface area (Å²) in [7, 11) is 0. The molecule has 0 aliphatic carbocycles. The van der Waals surface area contributed by atoms with Crippen LogP contribution in [-0.4, -0.2) is 31.6 Å². The summed E-state index contributed by atoms with van der Waals surface area (Å²) >= 11 is 0.958. The van der Waals surface area contributed by atoms with Gasteiger partial charge in [0.25, 0.3) is 5.91 Å².